The van der Waals surface area contributed by atoms with Crippen LogP contribution in [-0.2, 0) is 4.79 Å². The molecule has 0 unspecified atom stereocenters. The van der Waals surface area contributed by atoms with Crippen molar-refractivity contribution in [3.8, 4) is 5.75 Å². The number of ether oxygens (including phenoxy) is 1. The van der Waals surface area contributed by atoms with Gasteiger partial charge in [-0.2, -0.15) is 0 Å². The molecule has 0 aromatic heterocycles. The zero-order valence-electron chi connectivity index (χ0n) is 14.6. The molecule has 136 valence electrons. The van der Waals surface area contributed by atoms with Crippen molar-refractivity contribution in [2.45, 2.75) is 19.8 Å². The van der Waals surface area contributed by atoms with Crippen LogP contribution in [0.25, 0.3) is 0 Å². The molecule has 26 heavy (non-hydrogen) atoms. The van der Waals surface area contributed by atoms with Gasteiger partial charge in [0.25, 0.3) is 11.6 Å². The third kappa shape index (κ3) is 4.30. The van der Waals surface area contributed by atoms with Gasteiger partial charge in [0.1, 0.15) is 5.75 Å². The van der Waals surface area contributed by atoms with E-state index in [1.54, 1.807) is 13.0 Å². The van der Waals surface area contributed by atoms with Gasteiger partial charge < -0.3 is 15.0 Å². The van der Waals surface area contributed by atoms with Gasteiger partial charge in [-0.05, 0) is 56.2 Å². The quantitative estimate of drug-likeness (QED) is 0.633. The molecule has 3 rings (SSSR count). The Labute approximate surface area is 151 Å². The Kier molecular flexibility index (Phi) is 5.36. The number of anilines is 2. The minimum absolute atomic E-state index is 0.0277. The van der Waals surface area contributed by atoms with Crippen LogP contribution in [0.15, 0.2) is 42.5 Å². The molecule has 0 saturated carbocycles. The number of benzene rings is 2. The second-order valence-electron chi connectivity index (χ2n) is 6.28. The third-order valence-electron chi connectivity index (χ3n) is 4.36. The number of nitro benzene ring substituents is 1. The third-order valence-corrected chi connectivity index (χ3v) is 4.36. The van der Waals surface area contributed by atoms with Gasteiger partial charge in [-0.25, -0.2) is 0 Å². The Bertz CT molecular complexity index is 799. The normalized spacial score (nSPS) is 13.5. The molecular weight excluding hydrogens is 334 g/mol. The van der Waals surface area contributed by atoms with Crippen LogP contribution in [-0.4, -0.2) is 30.5 Å². The summed E-state index contributed by atoms with van der Waals surface area (Å²) < 4.78 is 5.42. The van der Waals surface area contributed by atoms with Gasteiger partial charge in [-0.1, -0.05) is 0 Å². The molecule has 0 radical (unpaired) electrons. The highest BCUT2D eigenvalue weighted by Crippen LogP contribution is 2.24. The Balaban J connectivity index is 1.52. The molecule has 0 spiro atoms. The second kappa shape index (κ2) is 7.86. The summed E-state index contributed by atoms with van der Waals surface area (Å²) in [4.78, 5) is 24.7. The number of nitrogens with zero attached hydrogens (tertiary/aromatic N) is 2. The van der Waals surface area contributed by atoms with Crippen molar-refractivity contribution >= 4 is 23.0 Å². The first kappa shape index (κ1) is 17.7. The van der Waals surface area contributed by atoms with Gasteiger partial charge in [-0.15, -0.1) is 0 Å². The van der Waals surface area contributed by atoms with Crippen molar-refractivity contribution in [2.24, 2.45) is 0 Å². The van der Waals surface area contributed by atoms with Crippen molar-refractivity contribution in [3.05, 3.63) is 58.1 Å². The lowest BCUT2D eigenvalue weighted by Gasteiger charge is -2.17. The SMILES string of the molecule is Cc1cc(OCC(=O)Nc2ccc(N3CCCC3)cc2)ccc1[N+](=O)[O-]. The Hall–Kier alpha value is -3.09. The molecule has 2 aromatic rings. The summed E-state index contributed by atoms with van der Waals surface area (Å²) in [6.45, 7) is 3.63. The van der Waals surface area contributed by atoms with E-state index in [1.807, 2.05) is 24.3 Å². The van der Waals surface area contributed by atoms with Crippen molar-refractivity contribution < 1.29 is 14.5 Å². The zero-order chi connectivity index (χ0) is 18.5. The highest BCUT2D eigenvalue weighted by atomic mass is 16.6. The maximum atomic E-state index is 12.0. The van der Waals surface area contributed by atoms with Crippen LogP contribution in [0.2, 0.25) is 0 Å². The highest BCUT2D eigenvalue weighted by Gasteiger charge is 2.13. The molecule has 0 bridgehead atoms. The lowest BCUT2D eigenvalue weighted by molar-refractivity contribution is -0.385. The summed E-state index contributed by atoms with van der Waals surface area (Å²) >= 11 is 0. The molecule has 7 nitrogen and oxygen atoms in total. The fraction of sp³-hybridized carbons (Fsp3) is 0.316. The largest absolute Gasteiger partial charge is 0.484 e. The number of amides is 1. The van der Waals surface area contributed by atoms with Gasteiger partial charge in [0.2, 0.25) is 0 Å². The first-order valence-corrected chi connectivity index (χ1v) is 8.55. The van der Waals surface area contributed by atoms with E-state index in [9.17, 15) is 14.9 Å². The average Bonchev–Trinajstić information content (AvgIpc) is 3.15. The molecule has 1 N–H and O–H groups in total. The monoisotopic (exact) mass is 355 g/mol. The molecule has 1 fully saturated rings. The fourth-order valence-corrected chi connectivity index (χ4v) is 3.00. The van der Waals surface area contributed by atoms with Crippen molar-refractivity contribution in [1.82, 2.24) is 0 Å². The number of carbonyl (C=O) groups is 1. The van der Waals surface area contributed by atoms with E-state index < -0.39 is 4.92 Å². The van der Waals surface area contributed by atoms with Crippen LogP contribution in [0, 0.1) is 17.0 Å². The number of rotatable bonds is 6. The number of hydrogen-bond donors (Lipinski definition) is 1. The summed E-state index contributed by atoms with van der Waals surface area (Å²) in [6.07, 6.45) is 2.44. The predicted octanol–water partition coefficient (Wildman–Crippen LogP) is 3.52. The maximum Gasteiger partial charge on any atom is 0.272 e. The average molecular weight is 355 g/mol. The van der Waals surface area contributed by atoms with Crippen molar-refractivity contribution in [1.29, 1.82) is 0 Å². The van der Waals surface area contributed by atoms with E-state index in [0.717, 1.165) is 18.8 Å². The van der Waals surface area contributed by atoms with Gasteiger partial charge in [0.15, 0.2) is 6.61 Å². The summed E-state index contributed by atoms with van der Waals surface area (Å²) in [5.74, 6) is 0.141. The van der Waals surface area contributed by atoms with Crippen LogP contribution in [0.1, 0.15) is 18.4 Å². The molecule has 1 aliphatic heterocycles. The first-order valence-electron chi connectivity index (χ1n) is 8.55. The van der Waals surface area contributed by atoms with Gasteiger partial charge in [0.05, 0.1) is 4.92 Å². The van der Waals surface area contributed by atoms with Crippen LogP contribution in [0.5, 0.6) is 5.75 Å². The number of nitro groups is 1. The lowest BCUT2D eigenvalue weighted by Crippen LogP contribution is -2.20. The minimum atomic E-state index is -0.447. The Morgan fingerprint density at radius 2 is 1.88 bits per heavy atom. The number of hydrogen-bond acceptors (Lipinski definition) is 5. The summed E-state index contributed by atoms with van der Waals surface area (Å²) in [6, 6.07) is 12.2. The number of aryl methyl sites for hydroxylation is 1. The van der Waals surface area contributed by atoms with Crippen molar-refractivity contribution in [3.63, 3.8) is 0 Å². The molecule has 1 aliphatic rings. The van der Waals surface area contributed by atoms with Gasteiger partial charge in [0, 0.05) is 36.1 Å². The van der Waals surface area contributed by atoms with E-state index >= 15 is 0 Å². The summed E-state index contributed by atoms with van der Waals surface area (Å²) in [7, 11) is 0. The maximum absolute atomic E-state index is 12.0. The Morgan fingerprint density at radius 1 is 1.19 bits per heavy atom. The lowest BCUT2D eigenvalue weighted by atomic mass is 10.2. The van der Waals surface area contributed by atoms with Gasteiger partial charge in [-0.3, -0.25) is 14.9 Å². The van der Waals surface area contributed by atoms with Gasteiger partial charge >= 0.3 is 0 Å². The van der Waals surface area contributed by atoms with Crippen molar-refractivity contribution in [2.75, 3.05) is 29.9 Å². The van der Waals surface area contributed by atoms with Crippen LogP contribution >= 0.6 is 0 Å². The van der Waals surface area contributed by atoms with Crippen LogP contribution in [0.3, 0.4) is 0 Å². The fourth-order valence-electron chi connectivity index (χ4n) is 3.00. The zero-order valence-corrected chi connectivity index (χ0v) is 14.6. The standard InChI is InChI=1S/C19H21N3O4/c1-14-12-17(8-9-18(14)22(24)25)26-13-19(23)20-15-4-6-16(7-5-15)21-10-2-3-11-21/h4-9,12H,2-3,10-11,13H2,1H3,(H,20,23). The molecule has 0 aliphatic carbocycles. The van der Waals surface area contributed by atoms with Crippen LogP contribution < -0.4 is 15.0 Å². The minimum Gasteiger partial charge on any atom is -0.484 e. The molecule has 1 heterocycles. The number of nitrogens with one attached hydrogen (secondary N) is 1. The summed E-state index contributed by atoms with van der Waals surface area (Å²) in [5, 5.41) is 13.6. The predicted molar refractivity (Wildman–Crippen MR) is 99.8 cm³/mol. The Morgan fingerprint density at radius 3 is 2.50 bits per heavy atom. The molecule has 7 heteroatoms. The molecule has 1 amide bonds. The first-order chi connectivity index (χ1) is 12.5. The van der Waals surface area contributed by atoms with E-state index in [4.69, 9.17) is 4.74 Å². The van der Waals surface area contributed by atoms with Crippen LogP contribution in [0.4, 0.5) is 17.1 Å². The molecule has 0 atom stereocenters. The summed E-state index contributed by atoms with van der Waals surface area (Å²) in [5.41, 5.74) is 2.39. The van der Waals surface area contributed by atoms with E-state index in [-0.39, 0.29) is 18.2 Å². The smallest absolute Gasteiger partial charge is 0.272 e. The molecular formula is C19H21N3O4. The van der Waals surface area contributed by atoms with E-state index in [1.165, 1.54) is 25.0 Å². The topological polar surface area (TPSA) is 84.7 Å². The molecule has 1 saturated heterocycles. The van der Waals surface area contributed by atoms with E-state index in [2.05, 4.69) is 10.2 Å². The molecule has 2 aromatic carbocycles. The van der Waals surface area contributed by atoms with E-state index in [0.29, 0.717) is 17.0 Å². The second-order valence-corrected chi connectivity index (χ2v) is 6.28. The highest BCUT2D eigenvalue weighted by molar-refractivity contribution is 5.92. The number of carbonyl (C=O) groups excluding carboxylic acids is 1.